The predicted molar refractivity (Wildman–Crippen MR) is 66.3 cm³/mol. The second-order valence-corrected chi connectivity index (χ2v) is 5.04. The van der Waals surface area contributed by atoms with E-state index in [0.29, 0.717) is 17.1 Å². The smallest absolute Gasteiger partial charge is 0.129 e. The first kappa shape index (κ1) is 11.8. The highest BCUT2D eigenvalue weighted by molar-refractivity contribution is 6.29. The van der Waals surface area contributed by atoms with E-state index < -0.39 is 0 Å². The fourth-order valence-electron chi connectivity index (χ4n) is 2.15. The zero-order valence-corrected chi connectivity index (χ0v) is 10.3. The van der Waals surface area contributed by atoms with E-state index in [1.807, 2.05) is 18.3 Å². The molecule has 2 rings (SSSR count). The third kappa shape index (κ3) is 2.94. The van der Waals surface area contributed by atoms with Gasteiger partial charge in [0.05, 0.1) is 0 Å². The maximum atomic E-state index is 6.00. The van der Waals surface area contributed by atoms with Gasteiger partial charge in [0, 0.05) is 25.3 Å². The van der Waals surface area contributed by atoms with Gasteiger partial charge in [0.2, 0.25) is 0 Å². The van der Waals surface area contributed by atoms with Crippen LogP contribution >= 0.6 is 11.6 Å². The molecule has 0 amide bonds. The Bertz CT molecular complexity index is 339. The van der Waals surface area contributed by atoms with Gasteiger partial charge < -0.3 is 5.73 Å². The Morgan fingerprint density at radius 2 is 2.38 bits per heavy atom. The van der Waals surface area contributed by atoms with Crippen LogP contribution in [0.2, 0.25) is 5.15 Å². The predicted octanol–water partition coefficient (Wildman–Crippen LogP) is 1.90. The highest BCUT2D eigenvalue weighted by Gasteiger charge is 2.22. The molecule has 1 fully saturated rings. The molecule has 0 saturated carbocycles. The van der Waals surface area contributed by atoms with E-state index in [0.717, 1.165) is 26.1 Å². The molecule has 1 aromatic rings. The first-order valence-electron chi connectivity index (χ1n) is 5.73. The lowest BCUT2D eigenvalue weighted by Crippen LogP contribution is -2.45. The van der Waals surface area contributed by atoms with Crippen molar-refractivity contribution in [2.45, 2.75) is 25.9 Å². The molecule has 2 unspecified atom stereocenters. The second-order valence-electron chi connectivity index (χ2n) is 4.65. The van der Waals surface area contributed by atoms with E-state index in [-0.39, 0.29) is 0 Å². The van der Waals surface area contributed by atoms with Crippen LogP contribution in [-0.2, 0) is 6.54 Å². The van der Waals surface area contributed by atoms with Crippen molar-refractivity contribution >= 4 is 11.6 Å². The summed E-state index contributed by atoms with van der Waals surface area (Å²) in [4.78, 5) is 6.52. The summed E-state index contributed by atoms with van der Waals surface area (Å²) >= 11 is 5.76. The minimum atomic E-state index is 0.361. The number of hydrogen-bond acceptors (Lipinski definition) is 3. The molecule has 2 heterocycles. The molecule has 1 aromatic heterocycles. The number of likely N-dealkylation sites (tertiary alicyclic amines) is 1. The van der Waals surface area contributed by atoms with Gasteiger partial charge in [-0.15, -0.1) is 0 Å². The molecule has 0 radical (unpaired) electrons. The fourth-order valence-corrected chi connectivity index (χ4v) is 2.26. The summed E-state index contributed by atoms with van der Waals surface area (Å²) in [5, 5.41) is 0.554. The van der Waals surface area contributed by atoms with E-state index in [1.165, 1.54) is 5.56 Å². The standard InChI is InChI=1S/C12H18ClN3/c1-9-7-16(5-4-11(9)14)8-10-2-3-12(13)15-6-10/h2-3,6,9,11H,4-5,7-8,14H2,1H3. The van der Waals surface area contributed by atoms with Crippen LogP contribution in [-0.4, -0.2) is 29.0 Å². The lowest BCUT2D eigenvalue weighted by molar-refractivity contribution is 0.157. The maximum absolute atomic E-state index is 6.00. The zero-order chi connectivity index (χ0) is 11.5. The Hall–Kier alpha value is -0.640. The molecular formula is C12H18ClN3. The average Bonchev–Trinajstić information content (AvgIpc) is 2.27. The number of halogens is 1. The van der Waals surface area contributed by atoms with Crippen molar-refractivity contribution in [2.24, 2.45) is 11.7 Å². The lowest BCUT2D eigenvalue weighted by Gasteiger charge is -2.35. The molecule has 1 saturated heterocycles. The third-order valence-corrected chi connectivity index (χ3v) is 3.47. The van der Waals surface area contributed by atoms with E-state index >= 15 is 0 Å². The average molecular weight is 240 g/mol. The Balaban J connectivity index is 1.93. The highest BCUT2D eigenvalue weighted by Crippen LogP contribution is 2.17. The van der Waals surface area contributed by atoms with Crippen molar-refractivity contribution in [3.05, 3.63) is 29.0 Å². The van der Waals surface area contributed by atoms with Crippen LogP contribution in [0, 0.1) is 5.92 Å². The van der Waals surface area contributed by atoms with Gasteiger partial charge >= 0.3 is 0 Å². The molecule has 2 atom stereocenters. The zero-order valence-electron chi connectivity index (χ0n) is 9.56. The summed E-state index contributed by atoms with van der Waals surface area (Å²) in [6, 6.07) is 4.24. The van der Waals surface area contributed by atoms with Crippen molar-refractivity contribution in [1.29, 1.82) is 0 Å². The first-order chi connectivity index (χ1) is 7.65. The quantitative estimate of drug-likeness (QED) is 0.802. The van der Waals surface area contributed by atoms with Crippen LogP contribution in [0.3, 0.4) is 0 Å². The number of rotatable bonds is 2. The maximum Gasteiger partial charge on any atom is 0.129 e. The van der Waals surface area contributed by atoms with Gasteiger partial charge in [0.25, 0.3) is 0 Å². The van der Waals surface area contributed by atoms with Gasteiger partial charge in [-0.05, 0) is 30.5 Å². The SMILES string of the molecule is CC1CN(Cc2ccc(Cl)nc2)CCC1N. The van der Waals surface area contributed by atoms with Gasteiger partial charge in [-0.25, -0.2) is 4.98 Å². The van der Waals surface area contributed by atoms with E-state index in [9.17, 15) is 0 Å². The van der Waals surface area contributed by atoms with Crippen molar-refractivity contribution in [3.63, 3.8) is 0 Å². The van der Waals surface area contributed by atoms with Gasteiger partial charge in [0.15, 0.2) is 0 Å². The Morgan fingerprint density at radius 3 is 3.00 bits per heavy atom. The molecule has 16 heavy (non-hydrogen) atoms. The molecule has 88 valence electrons. The van der Waals surface area contributed by atoms with Crippen LogP contribution in [0.15, 0.2) is 18.3 Å². The molecule has 0 bridgehead atoms. The van der Waals surface area contributed by atoms with Crippen LogP contribution in [0.25, 0.3) is 0 Å². The van der Waals surface area contributed by atoms with Crippen molar-refractivity contribution in [3.8, 4) is 0 Å². The Labute approximate surface area is 102 Å². The van der Waals surface area contributed by atoms with Crippen LogP contribution in [0.4, 0.5) is 0 Å². The minimum Gasteiger partial charge on any atom is -0.327 e. The van der Waals surface area contributed by atoms with E-state index in [4.69, 9.17) is 17.3 Å². The molecule has 0 spiro atoms. The molecule has 2 N–H and O–H groups in total. The summed E-state index contributed by atoms with van der Waals surface area (Å²) < 4.78 is 0. The second kappa shape index (κ2) is 5.13. The Kier molecular flexibility index (Phi) is 3.79. The topological polar surface area (TPSA) is 42.2 Å². The molecule has 1 aliphatic rings. The van der Waals surface area contributed by atoms with Crippen molar-refractivity contribution < 1.29 is 0 Å². The van der Waals surface area contributed by atoms with Crippen LogP contribution < -0.4 is 5.73 Å². The summed E-state index contributed by atoms with van der Waals surface area (Å²) in [5.41, 5.74) is 7.21. The number of pyridine rings is 1. The number of piperidine rings is 1. The lowest BCUT2D eigenvalue weighted by atomic mass is 9.94. The minimum absolute atomic E-state index is 0.361. The summed E-state index contributed by atoms with van der Waals surface area (Å²) in [6.45, 7) is 5.32. The number of nitrogens with two attached hydrogens (primary N) is 1. The highest BCUT2D eigenvalue weighted by atomic mass is 35.5. The Morgan fingerprint density at radius 1 is 1.56 bits per heavy atom. The van der Waals surface area contributed by atoms with E-state index in [1.54, 1.807) is 0 Å². The third-order valence-electron chi connectivity index (χ3n) is 3.25. The molecule has 1 aliphatic heterocycles. The molecule has 0 aliphatic carbocycles. The number of nitrogens with zero attached hydrogens (tertiary/aromatic N) is 2. The van der Waals surface area contributed by atoms with Crippen molar-refractivity contribution in [1.82, 2.24) is 9.88 Å². The molecule has 0 aromatic carbocycles. The van der Waals surface area contributed by atoms with Crippen LogP contribution in [0.5, 0.6) is 0 Å². The van der Waals surface area contributed by atoms with Gasteiger partial charge in [-0.1, -0.05) is 24.6 Å². The largest absolute Gasteiger partial charge is 0.327 e. The number of aromatic nitrogens is 1. The van der Waals surface area contributed by atoms with Gasteiger partial charge in [-0.3, -0.25) is 4.90 Å². The van der Waals surface area contributed by atoms with E-state index in [2.05, 4.69) is 16.8 Å². The molecule has 4 heteroatoms. The summed E-state index contributed by atoms with van der Waals surface area (Å²) in [5.74, 6) is 0.578. The van der Waals surface area contributed by atoms with Crippen molar-refractivity contribution in [2.75, 3.05) is 13.1 Å². The normalized spacial score (nSPS) is 26.9. The summed E-state index contributed by atoms with van der Waals surface area (Å²) in [6.07, 6.45) is 2.93. The monoisotopic (exact) mass is 239 g/mol. The fraction of sp³-hybridized carbons (Fsp3) is 0.583. The molecule has 3 nitrogen and oxygen atoms in total. The van der Waals surface area contributed by atoms with Gasteiger partial charge in [0.1, 0.15) is 5.15 Å². The number of hydrogen-bond donors (Lipinski definition) is 1. The molecular weight excluding hydrogens is 222 g/mol. The first-order valence-corrected chi connectivity index (χ1v) is 6.11. The van der Waals surface area contributed by atoms with Gasteiger partial charge in [-0.2, -0.15) is 0 Å². The van der Waals surface area contributed by atoms with Crippen LogP contribution in [0.1, 0.15) is 18.9 Å². The summed E-state index contributed by atoms with van der Waals surface area (Å²) in [7, 11) is 0.